The molecule has 4 rings (SSSR count). The Morgan fingerprint density at radius 3 is 2.39 bits per heavy atom. The fraction of sp³-hybridized carbons (Fsp3) is 0.538. The van der Waals surface area contributed by atoms with Gasteiger partial charge in [-0.1, -0.05) is 56.4 Å². The lowest BCUT2D eigenvalue weighted by Crippen LogP contribution is -2.52. The van der Waals surface area contributed by atoms with Crippen LogP contribution in [0.2, 0.25) is 24.7 Å². The van der Waals surface area contributed by atoms with Crippen LogP contribution in [0, 0.1) is 0 Å². The average Bonchev–Trinajstić information content (AvgIpc) is 3.27. The summed E-state index contributed by atoms with van der Waals surface area (Å²) in [6.45, 7) is 12.0. The Bertz CT molecular complexity index is 1150. The minimum Gasteiger partial charge on any atom is -0.462 e. The number of nitrogens with one attached hydrogen (secondary N) is 2. The molecule has 1 aromatic heterocycles. The third kappa shape index (κ3) is 4.54. The highest BCUT2D eigenvalue weighted by atomic mass is 28.3. The first-order valence-corrected chi connectivity index (χ1v) is 15.9. The van der Waals surface area contributed by atoms with Crippen LogP contribution in [0.25, 0.3) is 0 Å². The average molecular weight is 513 g/mol. The lowest BCUT2D eigenvalue weighted by Gasteiger charge is -2.48. The van der Waals surface area contributed by atoms with Crippen molar-refractivity contribution in [3.63, 3.8) is 0 Å². The molecule has 36 heavy (non-hydrogen) atoms. The van der Waals surface area contributed by atoms with E-state index in [9.17, 15) is 14.4 Å². The fourth-order valence-corrected chi connectivity index (χ4v) is 7.83. The van der Waals surface area contributed by atoms with Gasteiger partial charge >= 0.3 is 12.1 Å². The van der Waals surface area contributed by atoms with Crippen molar-refractivity contribution in [3.05, 3.63) is 47.2 Å². The van der Waals surface area contributed by atoms with E-state index in [0.29, 0.717) is 5.82 Å². The van der Waals surface area contributed by atoms with Crippen LogP contribution in [-0.4, -0.2) is 47.7 Å². The molecule has 2 N–H and O–H groups in total. The summed E-state index contributed by atoms with van der Waals surface area (Å²) in [5.74, 6) is 0.0615. The summed E-state index contributed by atoms with van der Waals surface area (Å²) in [4.78, 5) is 39.8. The smallest absolute Gasteiger partial charge is 0.411 e. The van der Waals surface area contributed by atoms with E-state index in [0.717, 1.165) is 36.1 Å². The maximum Gasteiger partial charge on any atom is 0.411 e. The van der Waals surface area contributed by atoms with Gasteiger partial charge in [0.1, 0.15) is 6.61 Å². The van der Waals surface area contributed by atoms with Crippen LogP contribution < -0.4 is 5.32 Å². The first kappa shape index (κ1) is 25.9. The maximum atomic E-state index is 13.4. The Hall–Kier alpha value is -3.14. The van der Waals surface area contributed by atoms with Crippen molar-refractivity contribution >= 4 is 31.9 Å². The maximum absolute atomic E-state index is 13.4. The highest BCUT2D eigenvalue weighted by Crippen LogP contribution is 2.56. The van der Waals surface area contributed by atoms with Gasteiger partial charge in [0.2, 0.25) is 5.91 Å². The third-order valence-electron chi connectivity index (χ3n) is 7.85. The van der Waals surface area contributed by atoms with Gasteiger partial charge in [-0.2, -0.15) is 5.10 Å². The topological polar surface area (TPSA) is 114 Å². The predicted molar refractivity (Wildman–Crippen MR) is 138 cm³/mol. The SMILES string of the molecule is CC(=O)OC[C@@H](OC(=O)N1Cc2c(NC(=O)C3([Si](C)(C)C)CCC3)n[nH]c2C1(C)C)c1ccccc1. The minimum absolute atomic E-state index is 0.0339. The van der Waals surface area contributed by atoms with Crippen LogP contribution in [0.1, 0.15) is 63.0 Å². The van der Waals surface area contributed by atoms with Crippen LogP contribution in [0.4, 0.5) is 10.6 Å². The number of aromatic nitrogens is 2. The number of H-pyrrole nitrogens is 1. The van der Waals surface area contributed by atoms with Gasteiger partial charge in [-0.3, -0.25) is 19.6 Å². The number of fused-ring (bicyclic) bond motifs is 1. The van der Waals surface area contributed by atoms with E-state index in [-0.39, 0.29) is 24.1 Å². The van der Waals surface area contributed by atoms with Crippen LogP contribution in [-0.2, 0) is 31.1 Å². The number of nitrogens with zero attached hydrogens (tertiary/aromatic N) is 2. The first-order chi connectivity index (χ1) is 16.9. The van der Waals surface area contributed by atoms with Gasteiger partial charge in [-0.25, -0.2) is 4.79 Å². The van der Waals surface area contributed by atoms with Crippen molar-refractivity contribution < 1.29 is 23.9 Å². The first-order valence-electron chi connectivity index (χ1n) is 12.4. The fourth-order valence-electron chi connectivity index (χ4n) is 5.23. The molecular weight excluding hydrogens is 476 g/mol. The zero-order chi connectivity index (χ0) is 26.3. The Labute approximate surface area is 212 Å². The number of amides is 2. The van der Waals surface area contributed by atoms with E-state index >= 15 is 0 Å². The van der Waals surface area contributed by atoms with Gasteiger partial charge in [0, 0.05) is 17.5 Å². The van der Waals surface area contributed by atoms with E-state index in [4.69, 9.17) is 9.47 Å². The molecule has 2 aliphatic rings. The molecule has 1 saturated carbocycles. The zero-order valence-electron chi connectivity index (χ0n) is 21.9. The molecule has 0 spiro atoms. The summed E-state index contributed by atoms with van der Waals surface area (Å²) in [6.07, 6.45) is 1.60. The molecule has 9 nitrogen and oxygen atoms in total. The lowest BCUT2D eigenvalue weighted by atomic mass is 9.83. The molecule has 0 unspecified atom stereocenters. The number of hydrogen-bond donors (Lipinski definition) is 2. The number of carbonyl (C=O) groups excluding carboxylic acids is 3. The molecule has 2 aromatic rings. The molecule has 1 aliphatic heterocycles. The Balaban J connectivity index is 1.52. The van der Waals surface area contributed by atoms with Gasteiger partial charge in [0.25, 0.3) is 0 Å². The number of aromatic amines is 1. The van der Waals surface area contributed by atoms with Crippen molar-refractivity contribution in [2.75, 3.05) is 11.9 Å². The number of benzene rings is 1. The second kappa shape index (κ2) is 9.38. The summed E-state index contributed by atoms with van der Waals surface area (Å²) in [5.41, 5.74) is 1.54. The van der Waals surface area contributed by atoms with Gasteiger partial charge in [-0.05, 0) is 32.3 Å². The number of esters is 1. The van der Waals surface area contributed by atoms with E-state index in [1.807, 2.05) is 44.2 Å². The Kier molecular flexibility index (Phi) is 6.76. The molecule has 194 valence electrons. The molecule has 1 aromatic carbocycles. The summed E-state index contributed by atoms with van der Waals surface area (Å²) in [6, 6.07) is 9.19. The lowest BCUT2D eigenvalue weighted by molar-refractivity contribution is -0.144. The quantitative estimate of drug-likeness (QED) is 0.394. The standard InChI is InChI=1S/C26H36N4O5Si/c1-17(31)34-16-20(18-11-8-7-9-12-18)35-24(33)30-15-19-21(25(30,2)3)28-29-22(19)27-23(32)26(13-10-14-26)36(4,5)6/h7-9,11-12,20H,10,13-16H2,1-6H3,(H2,27,28,29,32)/t20-/m1/s1. The van der Waals surface area contributed by atoms with Crippen LogP contribution in [0.3, 0.4) is 0 Å². The summed E-state index contributed by atoms with van der Waals surface area (Å²) in [7, 11) is -1.74. The highest BCUT2D eigenvalue weighted by molar-refractivity contribution is 6.83. The minimum atomic E-state index is -1.74. The molecule has 0 saturated heterocycles. The number of rotatable bonds is 7. The Morgan fingerprint density at radius 2 is 1.83 bits per heavy atom. The third-order valence-corrected chi connectivity index (χ3v) is 11.5. The van der Waals surface area contributed by atoms with Crippen LogP contribution in [0.15, 0.2) is 30.3 Å². The van der Waals surface area contributed by atoms with Crippen molar-refractivity contribution in [3.8, 4) is 0 Å². The van der Waals surface area contributed by atoms with Gasteiger partial charge in [0.15, 0.2) is 11.9 Å². The number of hydrogen-bond acceptors (Lipinski definition) is 6. The van der Waals surface area contributed by atoms with Crippen molar-refractivity contribution in [2.24, 2.45) is 0 Å². The molecule has 0 radical (unpaired) electrons. The molecule has 2 amide bonds. The van der Waals surface area contributed by atoms with E-state index in [2.05, 4.69) is 35.2 Å². The molecule has 1 aliphatic carbocycles. The molecule has 1 atom stereocenters. The second-order valence-electron chi connectivity index (χ2n) is 11.3. The largest absolute Gasteiger partial charge is 0.462 e. The van der Waals surface area contributed by atoms with Gasteiger partial charge in [-0.15, -0.1) is 0 Å². The molecule has 0 bridgehead atoms. The number of ether oxygens (including phenoxy) is 2. The molecule has 10 heteroatoms. The second-order valence-corrected chi connectivity index (χ2v) is 16.8. The highest BCUT2D eigenvalue weighted by Gasteiger charge is 2.54. The summed E-state index contributed by atoms with van der Waals surface area (Å²) in [5, 5.41) is 10.2. The number of anilines is 1. The summed E-state index contributed by atoms with van der Waals surface area (Å²) < 4.78 is 11.0. The van der Waals surface area contributed by atoms with Gasteiger partial charge in [0.05, 0.1) is 25.9 Å². The van der Waals surface area contributed by atoms with E-state index in [1.54, 1.807) is 4.90 Å². The molecule has 2 heterocycles. The monoisotopic (exact) mass is 512 g/mol. The summed E-state index contributed by atoms with van der Waals surface area (Å²) >= 11 is 0. The zero-order valence-corrected chi connectivity index (χ0v) is 22.9. The number of carbonyl (C=O) groups is 3. The van der Waals surface area contributed by atoms with Crippen LogP contribution >= 0.6 is 0 Å². The van der Waals surface area contributed by atoms with Crippen molar-refractivity contribution in [2.45, 2.75) is 82.9 Å². The van der Waals surface area contributed by atoms with E-state index in [1.165, 1.54) is 6.92 Å². The van der Waals surface area contributed by atoms with Crippen LogP contribution in [0.5, 0.6) is 0 Å². The normalized spacial score (nSPS) is 18.6. The molecule has 1 fully saturated rings. The van der Waals surface area contributed by atoms with Gasteiger partial charge < -0.3 is 14.8 Å². The molecular formula is C26H36N4O5Si. The predicted octanol–water partition coefficient (Wildman–Crippen LogP) is 5.10. The van der Waals surface area contributed by atoms with Crippen molar-refractivity contribution in [1.29, 1.82) is 0 Å². The van der Waals surface area contributed by atoms with E-state index < -0.39 is 31.8 Å². The van der Waals surface area contributed by atoms with Crippen molar-refractivity contribution in [1.82, 2.24) is 15.1 Å². The Morgan fingerprint density at radius 1 is 1.17 bits per heavy atom.